The molecule has 1 atom stereocenters. The predicted molar refractivity (Wildman–Crippen MR) is 76.3 cm³/mol. The fraction of sp³-hybridized carbons (Fsp3) is 0.625. The molecule has 1 aromatic carbocycles. The quantitative estimate of drug-likeness (QED) is 0.793. The average Bonchev–Trinajstić information content (AvgIpc) is 2.28. The van der Waals surface area contributed by atoms with Crippen LogP contribution in [0.25, 0.3) is 0 Å². The molecule has 1 aliphatic heterocycles. The molecule has 1 heterocycles. The number of ether oxygens (including phenoxy) is 1. The van der Waals surface area contributed by atoms with Crippen molar-refractivity contribution in [2.75, 3.05) is 20.1 Å². The lowest BCUT2D eigenvalue weighted by Crippen LogP contribution is -2.38. The van der Waals surface area contributed by atoms with Crippen molar-refractivity contribution in [1.29, 1.82) is 0 Å². The van der Waals surface area contributed by atoms with E-state index in [-0.39, 0.29) is 5.41 Å². The van der Waals surface area contributed by atoms with E-state index in [1.807, 2.05) is 0 Å². The fourth-order valence-electron chi connectivity index (χ4n) is 2.44. The van der Waals surface area contributed by atoms with Gasteiger partial charge in [0.2, 0.25) is 0 Å². The van der Waals surface area contributed by atoms with Crippen molar-refractivity contribution < 1.29 is 4.74 Å². The molecule has 1 saturated heterocycles. The number of hydrogen-bond donors (Lipinski definition) is 0. The summed E-state index contributed by atoms with van der Waals surface area (Å²) in [5, 5.41) is 0. The third-order valence-corrected chi connectivity index (χ3v) is 3.60. The highest BCUT2D eigenvalue weighted by Crippen LogP contribution is 2.25. The Kier molecular flexibility index (Phi) is 3.96. The van der Waals surface area contributed by atoms with Gasteiger partial charge in [-0.05, 0) is 49.5 Å². The smallest absolute Gasteiger partial charge is 0.119 e. The van der Waals surface area contributed by atoms with E-state index in [1.165, 1.54) is 24.9 Å². The number of nitrogens with zero attached hydrogens (tertiary/aromatic N) is 1. The molecule has 1 aromatic rings. The number of rotatable bonds is 2. The lowest BCUT2D eigenvalue weighted by atomic mass is 9.87. The van der Waals surface area contributed by atoms with Crippen LogP contribution in [0.5, 0.6) is 5.75 Å². The number of piperidine rings is 1. The Morgan fingerprint density at radius 3 is 2.39 bits per heavy atom. The standard InChI is InChI=1S/C16H25NO/c1-16(2,3)13-7-9-14(10-8-13)18-15-6-5-11-17(4)12-15/h7-10,15H,5-6,11-12H2,1-4H3. The SMILES string of the molecule is CN1CCCC(Oc2ccc(C(C)(C)C)cc2)C1. The zero-order valence-electron chi connectivity index (χ0n) is 12.1. The van der Waals surface area contributed by atoms with Crippen molar-refractivity contribution in [3.8, 4) is 5.75 Å². The van der Waals surface area contributed by atoms with E-state index >= 15 is 0 Å². The molecule has 0 N–H and O–H groups in total. The van der Waals surface area contributed by atoms with Gasteiger partial charge in [0.15, 0.2) is 0 Å². The fourth-order valence-corrected chi connectivity index (χ4v) is 2.44. The van der Waals surface area contributed by atoms with Crippen LogP contribution in [0.4, 0.5) is 0 Å². The molecule has 2 rings (SSSR count). The molecule has 2 heteroatoms. The van der Waals surface area contributed by atoms with Crippen molar-refractivity contribution >= 4 is 0 Å². The Morgan fingerprint density at radius 2 is 1.83 bits per heavy atom. The van der Waals surface area contributed by atoms with E-state index in [2.05, 4.69) is 57.0 Å². The molecule has 2 nitrogen and oxygen atoms in total. The first-order valence-corrected chi connectivity index (χ1v) is 6.91. The molecular weight excluding hydrogens is 222 g/mol. The van der Waals surface area contributed by atoms with Gasteiger partial charge in [0.05, 0.1) is 0 Å². The normalized spacial score (nSPS) is 21.9. The third kappa shape index (κ3) is 3.49. The predicted octanol–water partition coefficient (Wildman–Crippen LogP) is 3.46. The highest BCUT2D eigenvalue weighted by atomic mass is 16.5. The molecule has 1 unspecified atom stereocenters. The van der Waals surface area contributed by atoms with E-state index in [1.54, 1.807) is 0 Å². The van der Waals surface area contributed by atoms with Crippen molar-refractivity contribution in [3.63, 3.8) is 0 Å². The summed E-state index contributed by atoms with van der Waals surface area (Å²) >= 11 is 0. The van der Waals surface area contributed by atoms with E-state index in [0.29, 0.717) is 6.10 Å². The van der Waals surface area contributed by atoms with E-state index in [4.69, 9.17) is 4.74 Å². The summed E-state index contributed by atoms with van der Waals surface area (Å²) in [5.74, 6) is 1.00. The van der Waals surface area contributed by atoms with E-state index in [0.717, 1.165) is 12.3 Å². The first-order valence-electron chi connectivity index (χ1n) is 6.91. The molecule has 1 aliphatic rings. The van der Waals surface area contributed by atoms with Crippen LogP contribution in [0.2, 0.25) is 0 Å². The maximum Gasteiger partial charge on any atom is 0.119 e. The Morgan fingerprint density at radius 1 is 1.17 bits per heavy atom. The third-order valence-electron chi connectivity index (χ3n) is 3.60. The van der Waals surface area contributed by atoms with Gasteiger partial charge in [-0.2, -0.15) is 0 Å². The maximum atomic E-state index is 6.05. The number of hydrogen-bond acceptors (Lipinski definition) is 2. The summed E-state index contributed by atoms with van der Waals surface area (Å²) in [6, 6.07) is 8.58. The number of benzene rings is 1. The minimum absolute atomic E-state index is 0.212. The van der Waals surface area contributed by atoms with E-state index in [9.17, 15) is 0 Å². The van der Waals surface area contributed by atoms with Gasteiger partial charge in [-0.15, -0.1) is 0 Å². The molecule has 0 amide bonds. The van der Waals surface area contributed by atoms with Gasteiger partial charge in [-0.25, -0.2) is 0 Å². The topological polar surface area (TPSA) is 12.5 Å². The van der Waals surface area contributed by atoms with Gasteiger partial charge >= 0.3 is 0 Å². The number of likely N-dealkylation sites (N-methyl/N-ethyl adjacent to an activating group) is 1. The van der Waals surface area contributed by atoms with Crippen LogP contribution in [-0.4, -0.2) is 31.1 Å². The van der Waals surface area contributed by atoms with Crippen molar-refractivity contribution in [3.05, 3.63) is 29.8 Å². The minimum Gasteiger partial charge on any atom is -0.489 e. The van der Waals surface area contributed by atoms with Crippen LogP contribution in [0.15, 0.2) is 24.3 Å². The van der Waals surface area contributed by atoms with Crippen LogP contribution in [0, 0.1) is 0 Å². The molecule has 18 heavy (non-hydrogen) atoms. The largest absolute Gasteiger partial charge is 0.489 e. The molecule has 0 saturated carbocycles. The van der Waals surface area contributed by atoms with Crippen LogP contribution < -0.4 is 4.74 Å². The lowest BCUT2D eigenvalue weighted by Gasteiger charge is -2.30. The maximum absolute atomic E-state index is 6.05. The molecule has 0 aliphatic carbocycles. The number of likely N-dealkylation sites (tertiary alicyclic amines) is 1. The second-order valence-electron chi connectivity index (χ2n) is 6.42. The molecule has 0 bridgehead atoms. The second kappa shape index (κ2) is 5.31. The molecule has 0 spiro atoms. The zero-order valence-corrected chi connectivity index (χ0v) is 12.1. The zero-order chi connectivity index (χ0) is 13.2. The Labute approximate surface area is 111 Å². The van der Waals surface area contributed by atoms with Gasteiger partial charge in [0.25, 0.3) is 0 Å². The van der Waals surface area contributed by atoms with Crippen LogP contribution in [0.1, 0.15) is 39.2 Å². The summed E-state index contributed by atoms with van der Waals surface area (Å²) in [6.07, 6.45) is 2.76. The summed E-state index contributed by atoms with van der Waals surface area (Å²) in [5.41, 5.74) is 1.57. The molecular formula is C16H25NO. The minimum atomic E-state index is 0.212. The van der Waals surface area contributed by atoms with Gasteiger partial charge in [0.1, 0.15) is 11.9 Å². The van der Waals surface area contributed by atoms with Gasteiger partial charge < -0.3 is 9.64 Å². The van der Waals surface area contributed by atoms with Gasteiger partial charge in [0, 0.05) is 6.54 Å². The molecule has 1 fully saturated rings. The monoisotopic (exact) mass is 247 g/mol. The average molecular weight is 247 g/mol. The van der Waals surface area contributed by atoms with Gasteiger partial charge in [-0.1, -0.05) is 32.9 Å². The van der Waals surface area contributed by atoms with Crippen molar-refractivity contribution in [2.45, 2.75) is 45.1 Å². The van der Waals surface area contributed by atoms with E-state index < -0.39 is 0 Å². The first-order chi connectivity index (χ1) is 8.45. The summed E-state index contributed by atoms with van der Waals surface area (Å²) in [7, 11) is 2.16. The van der Waals surface area contributed by atoms with Crippen LogP contribution in [0.3, 0.4) is 0 Å². The Hall–Kier alpha value is -1.02. The van der Waals surface area contributed by atoms with Gasteiger partial charge in [-0.3, -0.25) is 0 Å². The van der Waals surface area contributed by atoms with Crippen LogP contribution in [-0.2, 0) is 5.41 Å². The molecule has 0 aromatic heterocycles. The van der Waals surface area contributed by atoms with Crippen molar-refractivity contribution in [2.24, 2.45) is 0 Å². The summed E-state index contributed by atoms with van der Waals surface area (Å²) in [4.78, 5) is 2.34. The molecule has 0 radical (unpaired) electrons. The summed E-state index contributed by atoms with van der Waals surface area (Å²) in [6.45, 7) is 8.95. The molecule has 100 valence electrons. The summed E-state index contributed by atoms with van der Waals surface area (Å²) < 4.78 is 6.05. The first kappa shape index (κ1) is 13.4. The van der Waals surface area contributed by atoms with Crippen LogP contribution >= 0.6 is 0 Å². The highest BCUT2D eigenvalue weighted by Gasteiger charge is 2.19. The van der Waals surface area contributed by atoms with Crippen molar-refractivity contribution in [1.82, 2.24) is 4.90 Å². The Bertz CT molecular complexity index is 377. The Balaban J connectivity index is 1.98. The lowest BCUT2D eigenvalue weighted by molar-refractivity contribution is 0.104. The highest BCUT2D eigenvalue weighted by molar-refractivity contribution is 5.31. The second-order valence-corrected chi connectivity index (χ2v) is 6.42.